The zero-order valence-corrected chi connectivity index (χ0v) is 13.6. The van der Waals surface area contributed by atoms with E-state index in [1.165, 1.54) is 11.1 Å². The lowest BCUT2D eigenvalue weighted by Gasteiger charge is -2.17. The summed E-state index contributed by atoms with van der Waals surface area (Å²) in [4.78, 5) is 0. The molecule has 2 rings (SSSR count). The molecule has 0 spiro atoms. The predicted octanol–water partition coefficient (Wildman–Crippen LogP) is 3.15. The number of nitrogens with zero attached hydrogens (tertiary/aromatic N) is 2. The van der Waals surface area contributed by atoms with E-state index in [2.05, 4.69) is 55.5 Å². The van der Waals surface area contributed by atoms with Crippen LogP contribution in [-0.2, 0) is 20.1 Å². The first-order valence-corrected chi connectivity index (χ1v) is 7.47. The van der Waals surface area contributed by atoms with Crippen molar-refractivity contribution in [2.24, 2.45) is 7.05 Å². The Hall–Kier alpha value is -1.81. The van der Waals surface area contributed by atoms with E-state index < -0.39 is 0 Å². The molecule has 0 aliphatic heterocycles. The van der Waals surface area contributed by atoms with Crippen molar-refractivity contribution in [1.82, 2.24) is 15.1 Å². The molecule has 4 heteroatoms. The summed E-state index contributed by atoms with van der Waals surface area (Å²) in [6.45, 7) is 6.87. The summed E-state index contributed by atoms with van der Waals surface area (Å²) >= 11 is 0. The van der Waals surface area contributed by atoms with Gasteiger partial charge in [0.2, 0.25) is 0 Å². The highest BCUT2D eigenvalue weighted by Crippen LogP contribution is 2.27. The Morgan fingerprint density at radius 1 is 1.33 bits per heavy atom. The maximum atomic E-state index is 6.06. The van der Waals surface area contributed by atoms with Crippen molar-refractivity contribution in [3.05, 3.63) is 46.8 Å². The van der Waals surface area contributed by atoms with Crippen molar-refractivity contribution in [2.75, 3.05) is 7.05 Å². The number of hydrogen-bond donors (Lipinski definition) is 1. The molecule has 21 heavy (non-hydrogen) atoms. The first-order valence-electron chi connectivity index (χ1n) is 7.47. The lowest BCUT2D eigenvalue weighted by molar-refractivity contribution is 0.289. The Kier molecular flexibility index (Phi) is 5.02. The summed E-state index contributed by atoms with van der Waals surface area (Å²) in [6.07, 6.45) is 0.945. The van der Waals surface area contributed by atoms with Gasteiger partial charge in [-0.25, -0.2) is 0 Å². The summed E-state index contributed by atoms with van der Waals surface area (Å²) in [7, 11) is 3.92. The molecular weight excluding hydrogens is 262 g/mol. The van der Waals surface area contributed by atoms with Crippen molar-refractivity contribution < 1.29 is 4.74 Å². The van der Waals surface area contributed by atoms with E-state index in [4.69, 9.17) is 4.74 Å². The van der Waals surface area contributed by atoms with Crippen molar-refractivity contribution in [2.45, 2.75) is 39.8 Å². The molecule has 0 bridgehead atoms. The fourth-order valence-corrected chi connectivity index (χ4v) is 2.31. The van der Waals surface area contributed by atoms with Crippen LogP contribution in [0, 0.1) is 6.92 Å². The zero-order chi connectivity index (χ0) is 15.4. The number of ether oxygens (including phenoxy) is 1. The highest BCUT2D eigenvalue weighted by molar-refractivity contribution is 5.39. The van der Waals surface area contributed by atoms with E-state index in [1.54, 1.807) is 0 Å². The Morgan fingerprint density at radius 3 is 2.71 bits per heavy atom. The van der Waals surface area contributed by atoms with Crippen LogP contribution in [-0.4, -0.2) is 16.8 Å². The molecule has 0 saturated heterocycles. The molecule has 0 fully saturated rings. The number of aryl methyl sites for hydroxylation is 3. The summed E-state index contributed by atoms with van der Waals surface area (Å²) in [5, 5.41) is 7.72. The minimum absolute atomic E-state index is 0.262. The van der Waals surface area contributed by atoms with Gasteiger partial charge in [0.25, 0.3) is 0 Å². The third kappa shape index (κ3) is 3.64. The molecule has 1 aromatic carbocycles. The van der Waals surface area contributed by atoms with Gasteiger partial charge in [0.1, 0.15) is 12.4 Å². The van der Waals surface area contributed by atoms with Gasteiger partial charge >= 0.3 is 0 Å². The van der Waals surface area contributed by atoms with Gasteiger partial charge in [-0.1, -0.05) is 19.1 Å². The molecule has 1 atom stereocenters. The largest absolute Gasteiger partial charge is 0.487 e. The topological polar surface area (TPSA) is 39.1 Å². The van der Waals surface area contributed by atoms with Gasteiger partial charge in [-0.3, -0.25) is 4.68 Å². The van der Waals surface area contributed by atoms with Gasteiger partial charge in [0.15, 0.2) is 0 Å². The van der Waals surface area contributed by atoms with E-state index in [-0.39, 0.29) is 6.04 Å². The second kappa shape index (κ2) is 6.76. The minimum atomic E-state index is 0.262. The average molecular weight is 287 g/mol. The van der Waals surface area contributed by atoms with Gasteiger partial charge in [-0.15, -0.1) is 0 Å². The second-order valence-electron chi connectivity index (χ2n) is 5.44. The highest BCUT2D eigenvalue weighted by atomic mass is 16.5. The maximum absolute atomic E-state index is 6.06. The van der Waals surface area contributed by atoms with Gasteiger partial charge in [0.05, 0.1) is 11.4 Å². The van der Waals surface area contributed by atoms with E-state index in [0.29, 0.717) is 6.61 Å². The van der Waals surface area contributed by atoms with Crippen LogP contribution < -0.4 is 10.1 Å². The second-order valence-corrected chi connectivity index (χ2v) is 5.44. The smallest absolute Gasteiger partial charge is 0.130 e. The van der Waals surface area contributed by atoms with Crippen LogP contribution in [0.2, 0.25) is 0 Å². The number of benzene rings is 1. The van der Waals surface area contributed by atoms with Gasteiger partial charge in [0, 0.05) is 18.7 Å². The minimum Gasteiger partial charge on any atom is -0.487 e. The monoisotopic (exact) mass is 287 g/mol. The van der Waals surface area contributed by atoms with Crippen LogP contribution in [0.1, 0.15) is 42.4 Å². The van der Waals surface area contributed by atoms with Crippen molar-refractivity contribution in [3.8, 4) is 5.75 Å². The molecule has 1 unspecified atom stereocenters. The molecular formula is C17H25N3O. The third-order valence-corrected chi connectivity index (χ3v) is 3.83. The fourth-order valence-electron chi connectivity index (χ4n) is 2.31. The van der Waals surface area contributed by atoms with Crippen molar-refractivity contribution in [1.29, 1.82) is 0 Å². The molecule has 114 valence electrons. The van der Waals surface area contributed by atoms with Crippen LogP contribution in [0.5, 0.6) is 5.75 Å². The van der Waals surface area contributed by atoms with Crippen LogP contribution in [0.4, 0.5) is 0 Å². The van der Waals surface area contributed by atoms with Crippen LogP contribution in [0.15, 0.2) is 24.3 Å². The quantitative estimate of drug-likeness (QED) is 0.887. The van der Waals surface area contributed by atoms with Crippen LogP contribution in [0.3, 0.4) is 0 Å². The normalized spacial score (nSPS) is 12.4. The average Bonchev–Trinajstić information content (AvgIpc) is 2.85. The number of rotatable bonds is 6. The molecule has 0 saturated carbocycles. The molecule has 0 aliphatic carbocycles. The summed E-state index contributed by atoms with van der Waals surface area (Å²) in [5.41, 5.74) is 4.58. The molecule has 1 N–H and O–H groups in total. The zero-order valence-electron chi connectivity index (χ0n) is 13.6. The van der Waals surface area contributed by atoms with Gasteiger partial charge < -0.3 is 10.1 Å². The summed E-state index contributed by atoms with van der Waals surface area (Å²) < 4.78 is 7.96. The molecule has 0 radical (unpaired) electrons. The Balaban J connectivity index is 2.18. The first-order chi connectivity index (χ1) is 10.0. The molecule has 0 aliphatic rings. The van der Waals surface area contributed by atoms with Crippen molar-refractivity contribution >= 4 is 0 Å². The summed E-state index contributed by atoms with van der Waals surface area (Å²) in [5.74, 6) is 0.941. The van der Waals surface area contributed by atoms with Gasteiger partial charge in [-0.2, -0.15) is 5.10 Å². The Morgan fingerprint density at radius 2 is 2.10 bits per heavy atom. The third-order valence-electron chi connectivity index (χ3n) is 3.83. The lowest BCUT2D eigenvalue weighted by atomic mass is 10.1. The molecule has 0 amide bonds. The predicted molar refractivity (Wildman–Crippen MR) is 85.6 cm³/mol. The Labute approximate surface area is 127 Å². The fraction of sp³-hybridized carbons (Fsp3) is 0.471. The molecule has 4 nitrogen and oxygen atoms in total. The maximum Gasteiger partial charge on any atom is 0.130 e. The number of aromatic nitrogens is 2. The van der Waals surface area contributed by atoms with E-state index >= 15 is 0 Å². The summed E-state index contributed by atoms with van der Waals surface area (Å²) in [6, 6.07) is 8.72. The lowest BCUT2D eigenvalue weighted by Crippen LogP contribution is -2.14. The van der Waals surface area contributed by atoms with E-state index in [0.717, 1.165) is 23.6 Å². The van der Waals surface area contributed by atoms with Crippen LogP contribution >= 0.6 is 0 Å². The molecule has 1 heterocycles. The Bertz CT molecular complexity index is 604. The first kappa shape index (κ1) is 15.6. The highest BCUT2D eigenvalue weighted by Gasteiger charge is 2.12. The van der Waals surface area contributed by atoms with Crippen molar-refractivity contribution in [3.63, 3.8) is 0 Å². The molecule has 1 aromatic heterocycles. The van der Waals surface area contributed by atoms with Crippen LogP contribution in [0.25, 0.3) is 0 Å². The molecule has 2 aromatic rings. The number of nitrogens with one attached hydrogen (secondary N) is 1. The van der Waals surface area contributed by atoms with E-state index in [1.807, 2.05) is 18.8 Å². The standard InChI is InChI=1S/C17H25N3O/c1-6-14-10-15(20(5)19-14)11-21-17-9-12(2)7-8-16(17)13(3)18-4/h7-10,13,18H,6,11H2,1-5H3. The van der Waals surface area contributed by atoms with E-state index in [9.17, 15) is 0 Å². The van der Waals surface area contributed by atoms with Gasteiger partial charge in [-0.05, 0) is 45.0 Å². The SMILES string of the molecule is CCc1cc(COc2cc(C)ccc2C(C)NC)n(C)n1. The number of hydrogen-bond acceptors (Lipinski definition) is 3.